The van der Waals surface area contributed by atoms with E-state index in [4.69, 9.17) is 5.11 Å². The summed E-state index contributed by atoms with van der Waals surface area (Å²) in [5, 5.41) is 8.38. The number of rotatable bonds is 9. The quantitative estimate of drug-likeness (QED) is 0.563. The van der Waals surface area contributed by atoms with Crippen LogP contribution in [0, 0.1) is 0 Å². The van der Waals surface area contributed by atoms with E-state index in [-0.39, 0.29) is 0 Å². The highest BCUT2D eigenvalue weighted by Crippen LogP contribution is 2.60. The first-order valence-corrected chi connectivity index (χ1v) is 11.2. The van der Waals surface area contributed by atoms with E-state index in [0.717, 1.165) is 0 Å². The molecule has 0 amide bonds. The highest BCUT2D eigenvalue weighted by atomic mass is 31.2. The Labute approximate surface area is 137 Å². The minimum atomic E-state index is -0.879. The molecule has 1 rings (SSSR count). The number of hydrogen-bond donors (Lipinski definition) is 1. The average molecular weight is 325 g/mol. The van der Waals surface area contributed by atoms with Gasteiger partial charge in [0.15, 0.2) is 0 Å². The van der Waals surface area contributed by atoms with Gasteiger partial charge in [-0.05, 0) is 37.8 Å². The van der Waals surface area contributed by atoms with Crippen LogP contribution in [0.15, 0.2) is 30.3 Å². The Morgan fingerprint density at radius 2 is 1.18 bits per heavy atom. The second-order valence-electron chi connectivity index (χ2n) is 5.91. The van der Waals surface area contributed by atoms with Gasteiger partial charge < -0.3 is 5.11 Å². The molecule has 0 saturated carbocycles. The zero-order valence-corrected chi connectivity index (χ0v) is 15.7. The van der Waals surface area contributed by atoms with Gasteiger partial charge in [0.25, 0.3) is 0 Å². The van der Waals surface area contributed by atoms with Gasteiger partial charge in [-0.2, -0.15) is 0 Å². The average Bonchev–Trinajstić information content (AvgIpc) is 2.50. The zero-order valence-electron chi connectivity index (χ0n) is 14.8. The van der Waals surface area contributed by atoms with Crippen molar-refractivity contribution in [2.24, 2.45) is 0 Å². The molecule has 22 heavy (non-hydrogen) atoms. The van der Waals surface area contributed by atoms with Crippen molar-refractivity contribution in [1.82, 2.24) is 0 Å². The minimum Gasteiger partial charge on any atom is -0.478 e. The van der Waals surface area contributed by atoms with Crippen molar-refractivity contribution in [2.75, 3.05) is 24.6 Å². The van der Waals surface area contributed by atoms with E-state index >= 15 is 0 Å². The maximum atomic E-state index is 10.2. The molecule has 0 radical (unpaired) electrons. The molecule has 0 atom stereocenters. The van der Waals surface area contributed by atoms with E-state index in [1.807, 2.05) is 0 Å². The topological polar surface area (TPSA) is 37.3 Å². The molecule has 0 aliphatic rings. The van der Waals surface area contributed by atoms with Gasteiger partial charge in [-0.3, -0.25) is 0 Å². The molecule has 1 aromatic carbocycles. The molecule has 0 saturated heterocycles. The maximum Gasteiger partial charge on any atom is 0.335 e. The highest BCUT2D eigenvalue weighted by molar-refractivity contribution is 7.75. The van der Waals surface area contributed by atoms with E-state index in [0.29, 0.717) is 5.56 Å². The van der Waals surface area contributed by atoms with Gasteiger partial charge in [0.1, 0.15) is 0 Å². The number of carboxylic acids is 1. The number of benzene rings is 1. The fraction of sp³-hybridized carbons (Fsp3) is 0.632. The van der Waals surface area contributed by atoms with Gasteiger partial charge in [-0.15, -0.1) is 0 Å². The van der Waals surface area contributed by atoms with E-state index in [2.05, 4.69) is 27.7 Å². The Hall–Kier alpha value is -0.880. The Morgan fingerprint density at radius 3 is 1.41 bits per heavy atom. The minimum absolute atomic E-state index is 0.331. The fourth-order valence-electron chi connectivity index (χ4n) is 3.15. The molecular weight excluding hydrogens is 291 g/mol. The van der Waals surface area contributed by atoms with Gasteiger partial charge in [0.05, 0.1) is 30.2 Å². The van der Waals surface area contributed by atoms with Gasteiger partial charge >= 0.3 is 5.97 Å². The van der Waals surface area contributed by atoms with Crippen LogP contribution in [0.4, 0.5) is 0 Å². The summed E-state index contributed by atoms with van der Waals surface area (Å²) in [6.45, 7) is 9.43. The van der Waals surface area contributed by atoms with Crippen molar-refractivity contribution < 1.29 is 9.90 Å². The van der Waals surface area contributed by atoms with Crippen LogP contribution in [0.3, 0.4) is 0 Å². The smallest absolute Gasteiger partial charge is 0.335 e. The first-order chi connectivity index (χ1) is 10.5. The van der Waals surface area contributed by atoms with Crippen molar-refractivity contribution in [3.05, 3.63) is 35.9 Å². The lowest BCUT2D eigenvalue weighted by Gasteiger charge is -2.26. The van der Waals surface area contributed by atoms with Gasteiger partial charge in [-0.25, -0.2) is 4.79 Å². The van der Waals surface area contributed by atoms with Gasteiger partial charge in [-0.1, -0.05) is 45.9 Å². The molecule has 0 fully saturated rings. The van der Waals surface area contributed by atoms with E-state index in [1.165, 1.54) is 25.7 Å². The van der Waals surface area contributed by atoms with Gasteiger partial charge in [0.2, 0.25) is 0 Å². The third-order valence-corrected chi connectivity index (χ3v) is 9.40. The molecule has 1 N–H and O–H groups in total. The summed E-state index contributed by atoms with van der Waals surface area (Å²) in [4.78, 5) is 10.2. The maximum absolute atomic E-state index is 10.2. The Morgan fingerprint density at radius 1 is 0.818 bits per heavy atom. The molecule has 0 aliphatic heterocycles. The molecule has 0 aliphatic carbocycles. The van der Waals surface area contributed by atoms with E-state index < -0.39 is 13.2 Å². The fourth-order valence-corrected chi connectivity index (χ4v) is 8.29. The molecule has 0 unspecified atom stereocenters. The molecule has 0 spiro atoms. The highest BCUT2D eigenvalue weighted by Gasteiger charge is 2.32. The standard InChI is InChI=1S/C12H28P.C7H6O2/c1-5-9-13(10-6-2,11-7-3)12-8-4;8-7(9)6-4-2-1-3-5-6/h5-12H2,1-4H3;1-5H,(H,8,9)/q+1;. The normalized spacial score (nSPS) is 10.7. The summed E-state index contributed by atoms with van der Waals surface area (Å²) in [7, 11) is -0.496. The van der Waals surface area contributed by atoms with Crippen molar-refractivity contribution >= 4 is 13.2 Å². The largest absolute Gasteiger partial charge is 0.478 e. The predicted molar refractivity (Wildman–Crippen MR) is 101 cm³/mol. The van der Waals surface area contributed by atoms with Crippen molar-refractivity contribution in [3.8, 4) is 0 Å². The zero-order chi connectivity index (χ0) is 16.8. The monoisotopic (exact) mass is 325 g/mol. The van der Waals surface area contributed by atoms with Crippen molar-refractivity contribution in [2.45, 2.75) is 53.4 Å². The number of carbonyl (C=O) groups is 1. The second-order valence-corrected chi connectivity index (χ2v) is 10.4. The molecule has 0 aromatic heterocycles. The van der Waals surface area contributed by atoms with Crippen molar-refractivity contribution in [3.63, 3.8) is 0 Å². The van der Waals surface area contributed by atoms with Crippen LogP contribution in [0.5, 0.6) is 0 Å². The summed E-state index contributed by atoms with van der Waals surface area (Å²) in [5.74, 6) is -0.879. The van der Waals surface area contributed by atoms with E-state index in [9.17, 15) is 4.79 Å². The summed E-state index contributed by atoms with van der Waals surface area (Å²) < 4.78 is 0. The predicted octanol–water partition coefficient (Wildman–Crippen LogP) is 6.03. The third kappa shape index (κ3) is 8.54. The Bertz CT molecular complexity index is 360. The van der Waals surface area contributed by atoms with Crippen LogP contribution in [-0.4, -0.2) is 35.7 Å². The molecular formula is C19H34O2P+. The summed E-state index contributed by atoms with van der Waals surface area (Å²) >= 11 is 0. The summed E-state index contributed by atoms with van der Waals surface area (Å²) in [5.41, 5.74) is 0.331. The molecule has 2 nitrogen and oxygen atoms in total. The molecule has 0 bridgehead atoms. The van der Waals surface area contributed by atoms with Crippen LogP contribution in [0.25, 0.3) is 0 Å². The number of hydrogen-bond acceptors (Lipinski definition) is 1. The summed E-state index contributed by atoms with van der Waals surface area (Å²) in [6, 6.07) is 8.30. The lowest BCUT2D eigenvalue weighted by Crippen LogP contribution is -2.10. The van der Waals surface area contributed by atoms with Crippen LogP contribution >= 0.6 is 7.26 Å². The first-order valence-electron chi connectivity index (χ1n) is 8.68. The first kappa shape index (κ1) is 21.1. The molecule has 0 heterocycles. The third-order valence-electron chi connectivity index (χ3n) is 3.81. The second kappa shape index (κ2) is 12.6. The lowest BCUT2D eigenvalue weighted by molar-refractivity contribution is 0.0697. The Kier molecular flexibility index (Phi) is 12.1. The van der Waals surface area contributed by atoms with Crippen molar-refractivity contribution in [1.29, 1.82) is 0 Å². The van der Waals surface area contributed by atoms with Crippen LogP contribution in [0.1, 0.15) is 63.7 Å². The molecule has 1 aromatic rings. The van der Waals surface area contributed by atoms with Gasteiger partial charge in [0, 0.05) is 7.26 Å². The van der Waals surface area contributed by atoms with Crippen LogP contribution in [0.2, 0.25) is 0 Å². The number of aromatic carboxylic acids is 1. The summed E-state index contributed by atoms with van der Waals surface area (Å²) in [6.07, 6.45) is 11.9. The van der Waals surface area contributed by atoms with Crippen LogP contribution < -0.4 is 0 Å². The molecule has 3 heteroatoms. The van der Waals surface area contributed by atoms with Crippen LogP contribution in [-0.2, 0) is 0 Å². The lowest BCUT2D eigenvalue weighted by atomic mass is 10.2. The SMILES string of the molecule is CCC[P+](CCC)(CCC)CCC.O=C(O)c1ccccc1. The molecule has 126 valence electrons. The Balaban J connectivity index is 0.000000425. The number of carboxylic acid groups (broad SMARTS) is 1. The van der Waals surface area contributed by atoms with E-state index in [1.54, 1.807) is 55.0 Å².